The monoisotopic (exact) mass is 262 g/mol. The van der Waals surface area contributed by atoms with Crippen molar-refractivity contribution in [3.8, 4) is 0 Å². The van der Waals surface area contributed by atoms with E-state index < -0.39 is 5.54 Å². The standard InChI is InChI=1S/C16H26N2O/c1-11-8-12(2)14(13(3)9-11)10-18(7)15(19)16(4,5)17-6/h8-9,17H,10H2,1-7H3. The normalized spacial score (nSPS) is 11.5. The molecule has 0 spiro atoms. The van der Waals surface area contributed by atoms with E-state index in [9.17, 15) is 4.79 Å². The first-order valence-electron chi connectivity index (χ1n) is 6.70. The van der Waals surface area contributed by atoms with Crippen molar-refractivity contribution in [2.75, 3.05) is 14.1 Å². The number of carbonyl (C=O) groups is 1. The second kappa shape index (κ2) is 5.74. The molecular formula is C16H26N2O. The zero-order valence-electron chi connectivity index (χ0n) is 13.2. The molecule has 0 aliphatic carbocycles. The van der Waals surface area contributed by atoms with Gasteiger partial charge in [-0.3, -0.25) is 4.79 Å². The molecule has 0 saturated carbocycles. The maximum atomic E-state index is 12.4. The van der Waals surface area contributed by atoms with E-state index in [1.54, 1.807) is 4.90 Å². The molecule has 3 heteroatoms. The fourth-order valence-corrected chi connectivity index (χ4v) is 2.35. The second-order valence-corrected chi connectivity index (χ2v) is 5.91. The highest BCUT2D eigenvalue weighted by atomic mass is 16.2. The Kier molecular flexibility index (Phi) is 4.75. The molecule has 106 valence electrons. The van der Waals surface area contributed by atoms with Crippen LogP contribution in [0.4, 0.5) is 0 Å². The SMILES string of the molecule is CNC(C)(C)C(=O)N(C)Cc1c(C)cc(C)cc1C. The highest BCUT2D eigenvalue weighted by molar-refractivity contribution is 5.85. The molecule has 0 aromatic heterocycles. The summed E-state index contributed by atoms with van der Waals surface area (Å²) in [5, 5.41) is 3.05. The lowest BCUT2D eigenvalue weighted by Crippen LogP contribution is -2.51. The Labute approximate surface area is 117 Å². The summed E-state index contributed by atoms with van der Waals surface area (Å²) in [4.78, 5) is 14.1. The number of benzene rings is 1. The van der Waals surface area contributed by atoms with Gasteiger partial charge in [0.15, 0.2) is 0 Å². The van der Waals surface area contributed by atoms with Gasteiger partial charge in [0.1, 0.15) is 0 Å². The van der Waals surface area contributed by atoms with Gasteiger partial charge in [0.05, 0.1) is 5.54 Å². The minimum absolute atomic E-state index is 0.106. The highest BCUT2D eigenvalue weighted by Gasteiger charge is 2.28. The molecule has 0 unspecified atom stereocenters. The number of nitrogens with zero attached hydrogens (tertiary/aromatic N) is 1. The Morgan fingerprint density at radius 1 is 1.21 bits per heavy atom. The molecule has 0 saturated heterocycles. The van der Waals surface area contributed by atoms with Crippen LogP contribution in [0.2, 0.25) is 0 Å². The van der Waals surface area contributed by atoms with E-state index in [1.807, 2.05) is 27.9 Å². The zero-order chi connectivity index (χ0) is 14.8. The minimum atomic E-state index is -0.527. The molecule has 1 aromatic rings. The van der Waals surface area contributed by atoms with E-state index in [1.165, 1.54) is 22.3 Å². The van der Waals surface area contributed by atoms with Crippen LogP contribution in [-0.2, 0) is 11.3 Å². The van der Waals surface area contributed by atoms with Crippen LogP contribution in [0, 0.1) is 20.8 Å². The molecular weight excluding hydrogens is 236 g/mol. The molecule has 1 aromatic carbocycles. The van der Waals surface area contributed by atoms with Crippen LogP contribution >= 0.6 is 0 Å². The molecule has 19 heavy (non-hydrogen) atoms. The van der Waals surface area contributed by atoms with Crippen LogP contribution in [0.5, 0.6) is 0 Å². The smallest absolute Gasteiger partial charge is 0.242 e. The number of hydrogen-bond acceptors (Lipinski definition) is 2. The van der Waals surface area contributed by atoms with E-state index in [4.69, 9.17) is 0 Å². The lowest BCUT2D eigenvalue weighted by molar-refractivity contribution is -0.136. The largest absolute Gasteiger partial charge is 0.340 e. The Balaban J connectivity index is 2.95. The number of rotatable bonds is 4. The Morgan fingerprint density at radius 2 is 1.68 bits per heavy atom. The molecule has 0 radical (unpaired) electrons. The number of amides is 1. The van der Waals surface area contributed by atoms with E-state index in [-0.39, 0.29) is 5.91 Å². The van der Waals surface area contributed by atoms with Gasteiger partial charge in [-0.25, -0.2) is 0 Å². The van der Waals surface area contributed by atoms with Gasteiger partial charge in [-0.15, -0.1) is 0 Å². The lowest BCUT2D eigenvalue weighted by Gasteiger charge is -2.30. The van der Waals surface area contributed by atoms with Crippen LogP contribution in [0.25, 0.3) is 0 Å². The minimum Gasteiger partial charge on any atom is -0.340 e. The predicted molar refractivity (Wildman–Crippen MR) is 80.3 cm³/mol. The van der Waals surface area contributed by atoms with Gasteiger partial charge in [0.2, 0.25) is 5.91 Å². The summed E-state index contributed by atoms with van der Waals surface area (Å²) >= 11 is 0. The third-order valence-corrected chi connectivity index (χ3v) is 3.74. The van der Waals surface area contributed by atoms with Gasteiger partial charge in [-0.05, 0) is 58.4 Å². The molecule has 1 rings (SSSR count). The molecule has 0 aliphatic rings. The van der Waals surface area contributed by atoms with E-state index in [0.717, 1.165) is 0 Å². The highest BCUT2D eigenvalue weighted by Crippen LogP contribution is 2.19. The van der Waals surface area contributed by atoms with Crippen molar-refractivity contribution >= 4 is 5.91 Å². The molecule has 0 bridgehead atoms. The molecule has 3 nitrogen and oxygen atoms in total. The third kappa shape index (κ3) is 3.57. The average Bonchev–Trinajstić information content (AvgIpc) is 2.32. The predicted octanol–water partition coefficient (Wildman–Crippen LogP) is 2.57. The van der Waals surface area contributed by atoms with E-state index in [2.05, 4.69) is 38.2 Å². The first-order valence-corrected chi connectivity index (χ1v) is 6.70. The Bertz CT molecular complexity index is 455. The van der Waals surface area contributed by atoms with E-state index >= 15 is 0 Å². The summed E-state index contributed by atoms with van der Waals surface area (Å²) in [5.74, 6) is 0.106. The quantitative estimate of drug-likeness (QED) is 0.904. The summed E-state index contributed by atoms with van der Waals surface area (Å²) in [6.07, 6.45) is 0. The fourth-order valence-electron chi connectivity index (χ4n) is 2.35. The van der Waals surface area contributed by atoms with Crippen molar-refractivity contribution in [3.05, 3.63) is 34.4 Å². The number of nitrogens with one attached hydrogen (secondary N) is 1. The summed E-state index contributed by atoms with van der Waals surface area (Å²) in [6, 6.07) is 4.34. The second-order valence-electron chi connectivity index (χ2n) is 5.91. The van der Waals surface area contributed by atoms with Gasteiger partial charge in [0, 0.05) is 13.6 Å². The average molecular weight is 262 g/mol. The van der Waals surface area contributed by atoms with Crippen molar-refractivity contribution in [1.29, 1.82) is 0 Å². The molecule has 1 amide bonds. The van der Waals surface area contributed by atoms with Crippen LogP contribution in [0.15, 0.2) is 12.1 Å². The van der Waals surface area contributed by atoms with Gasteiger partial charge in [-0.1, -0.05) is 17.7 Å². The van der Waals surface area contributed by atoms with E-state index in [0.29, 0.717) is 6.54 Å². The third-order valence-electron chi connectivity index (χ3n) is 3.74. The summed E-state index contributed by atoms with van der Waals surface area (Å²) in [5.41, 5.74) is 4.48. The Hall–Kier alpha value is -1.35. The van der Waals surface area contributed by atoms with Crippen LogP contribution in [0.1, 0.15) is 36.1 Å². The topological polar surface area (TPSA) is 32.3 Å². The van der Waals surface area contributed by atoms with Crippen LogP contribution in [0.3, 0.4) is 0 Å². The maximum Gasteiger partial charge on any atom is 0.242 e. The number of carbonyl (C=O) groups excluding carboxylic acids is 1. The number of aryl methyl sites for hydroxylation is 3. The van der Waals surface area contributed by atoms with Gasteiger partial charge < -0.3 is 10.2 Å². The lowest BCUT2D eigenvalue weighted by atomic mass is 9.98. The first kappa shape index (κ1) is 15.7. The molecule has 0 atom stereocenters. The van der Waals surface area contributed by atoms with Gasteiger partial charge in [0.25, 0.3) is 0 Å². The van der Waals surface area contributed by atoms with Gasteiger partial charge >= 0.3 is 0 Å². The van der Waals surface area contributed by atoms with Gasteiger partial charge in [-0.2, -0.15) is 0 Å². The van der Waals surface area contributed by atoms with Crippen LogP contribution < -0.4 is 5.32 Å². The molecule has 0 aliphatic heterocycles. The molecule has 1 N–H and O–H groups in total. The van der Waals surface area contributed by atoms with Crippen molar-refractivity contribution in [1.82, 2.24) is 10.2 Å². The maximum absolute atomic E-state index is 12.4. The summed E-state index contributed by atoms with van der Waals surface area (Å²) < 4.78 is 0. The van der Waals surface area contributed by atoms with Crippen molar-refractivity contribution in [3.63, 3.8) is 0 Å². The molecule has 0 heterocycles. The fraction of sp³-hybridized carbons (Fsp3) is 0.562. The van der Waals surface area contributed by atoms with Crippen molar-refractivity contribution < 1.29 is 4.79 Å². The Morgan fingerprint density at radius 3 is 2.11 bits per heavy atom. The number of likely N-dealkylation sites (N-methyl/N-ethyl adjacent to an activating group) is 2. The first-order chi connectivity index (χ1) is 8.69. The van der Waals surface area contributed by atoms with Crippen molar-refractivity contribution in [2.45, 2.75) is 46.7 Å². The van der Waals surface area contributed by atoms with Crippen LogP contribution in [-0.4, -0.2) is 30.4 Å². The number of hydrogen-bond donors (Lipinski definition) is 1. The van der Waals surface area contributed by atoms with Crippen molar-refractivity contribution in [2.24, 2.45) is 0 Å². The zero-order valence-corrected chi connectivity index (χ0v) is 13.2. The molecule has 0 fully saturated rings. The summed E-state index contributed by atoms with van der Waals surface area (Å²) in [6.45, 7) is 10.8. The summed E-state index contributed by atoms with van der Waals surface area (Å²) in [7, 11) is 3.67.